The van der Waals surface area contributed by atoms with Gasteiger partial charge < -0.3 is 14.6 Å². The first-order valence-electron chi connectivity index (χ1n) is 12.0. The number of allylic oxidation sites excluding steroid dienone is 2. The lowest BCUT2D eigenvalue weighted by atomic mass is 9.79. The van der Waals surface area contributed by atoms with Crippen molar-refractivity contribution in [3.8, 4) is 22.6 Å². The van der Waals surface area contributed by atoms with Gasteiger partial charge in [-0.1, -0.05) is 44.2 Å². The molecule has 0 fully saturated rings. The van der Waals surface area contributed by atoms with Gasteiger partial charge in [-0.05, 0) is 82.8 Å². The summed E-state index contributed by atoms with van der Waals surface area (Å²) in [6.07, 6.45) is 4.07. The molecule has 4 nitrogen and oxygen atoms in total. The van der Waals surface area contributed by atoms with Crippen LogP contribution in [0.15, 0.2) is 60.7 Å². The predicted molar refractivity (Wildman–Crippen MR) is 136 cm³/mol. The van der Waals surface area contributed by atoms with E-state index in [1.807, 2.05) is 18.2 Å². The number of methoxy groups -OCH3 is 1. The summed E-state index contributed by atoms with van der Waals surface area (Å²) in [5.74, 6) is -1.22. The molecule has 0 aromatic heterocycles. The molecule has 0 unspecified atom stereocenters. The second-order valence-corrected chi connectivity index (χ2v) is 9.68. The summed E-state index contributed by atoms with van der Waals surface area (Å²) in [5, 5.41) is 8.90. The van der Waals surface area contributed by atoms with Crippen LogP contribution in [-0.4, -0.2) is 18.2 Å². The first kappa shape index (κ1) is 25.4. The van der Waals surface area contributed by atoms with E-state index in [9.17, 15) is 13.6 Å². The van der Waals surface area contributed by atoms with E-state index in [1.54, 1.807) is 31.4 Å². The molecule has 0 atom stereocenters. The third-order valence-corrected chi connectivity index (χ3v) is 6.73. The lowest BCUT2D eigenvalue weighted by molar-refractivity contribution is -0.136. The third kappa shape index (κ3) is 5.43. The average molecular weight is 493 g/mol. The lowest BCUT2D eigenvalue weighted by Crippen LogP contribution is -2.10. The van der Waals surface area contributed by atoms with Gasteiger partial charge in [0.25, 0.3) is 0 Å². The van der Waals surface area contributed by atoms with E-state index in [1.165, 1.54) is 12.1 Å². The molecule has 0 bridgehead atoms. The van der Waals surface area contributed by atoms with Gasteiger partial charge >= 0.3 is 5.97 Å². The fourth-order valence-corrected chi connectivity index (χ4v) is 4.70. The fourth-order valence-electron chi connectivity index (χ4n) is 4.70. The highest BCUT2D eigenvalue weighted by atomic mass is 19.1. The number of hydrogen-bond donors (Lipinski definition) is 1. The zero-order chi connectivity index (χ0) is 25.9. The monoisotopic (exact) mass is 492 g/mol. The van der Waals surface area contributed by atoms with Crippen molar-refractivity contribution >= 4 is 11.5 Å². The summed E-state index contributed by atoms with van der Waals surface area (Å²) in [5.41, 5.74) is 4.32. The number of rotatable bonds is 9. The van der Waals surface area contributed by atoms with Gasteiger partial charge in [-0.15, -0.1) is 0 Å². The SMILES string of the molecule is COc1ccc(F)c(-c2ccc(COc3cccc(CCC(=O)O)c3F)cc2C2=CCCC2(C)C)c1. The van der Waals surface area contributed by atoms with Crippen LogP contribution < -0.4 is 9.47 Å². The van der Waals surface area contributed by atoms with Crippen LogP contribution in [0.2, 0.25) is 0 Å². The maximum Gasteiger partial charge on any atom is 0.303 e. The molecule has 1 aliphatic carbocycles. The fraction of sp³-hybridized carbons (Fsp3) is 0.300. The molecule has 3 aromatic carbocycles. The highest BCUT2D eigenvalue weighted by Crippen LogP contribution is 2.47. The Hall–Kier alpha value is -3.67. The second kappa shape index (κ2) is 10.5. The van der Waals surface area contributed by atoms with Gasteiger partial charge in [-0.25, -0.2) is 8.78 Å². The van der Waals surface area contributed by atoms with Crippen LogP contribution in [-0.2, 0) is 17.8 Å². The van der Waals surface area contributed by atoms with Crippen molar-refractivity contribution in [1.82, 2.24) is 0 Å². The molecule has 3 aromatic rings. The zero-order valence-electron chi connectivity index (χ0n) is 20.7. The van der Waals surface area contributed by atoms with Crippen molar-refractivity contribution in [2.24, 2.45) is 5.41 Å². The molecular weight excluding hydrogens is 462 g/mol. The van der Waals surface area contributed by atoms with Gasteiger partial charge in [0.05, 0.1) is 7.11 Å². The number of hydrogen-bond acceptors (Lipinski definition) is 3. The van der Waals surface area contributed by atoms with Crippen LogP contribution in [0.25, 0.3) is 16.7 Å². The van der Waals surface area contributed by atoms with E-state index in [-0.39, 0.29) is 36.4 Å². The van der Waals surface area contributed by atoms with Gasteiger partial charge in [0, 0.05) is 12.0 Å². The van der Waals surface area contributed by atoms with Crippen molar-refractivity contribution in [3.05, 3.63) is 89.0 Å². The van der Waals surface area contributed by atoms with E-state index in [0.717, 1.165) is 35.1 Å². The molecule has 0 saturated carbocycles. The Kier molecular flexibility index (Phi) is 7.43. The molecule has 0 radical (unpaired) electrons. The molecule has 1 N–H and O–H groups in total. The van der Waals surface area contributed by atoms with Crippen molar-refractivity contribution in [3.63, 3.8) is 0 Å². The molecule has 0 aliphatic heterocycles. The number of carboxylic acids is 1. The Morgan fingerprint density at radius 3 is 2.53 bits per heavy atom. The van der Waals surface area contributed by atoms with Crippen LogP contribution in [0, 0.1) is 17.0 Å². The highest BCUT2D eigenvalue weighted by molar-refractivity contribution is 5.85. The molecule has 36 heavy (non-hydrogen) atoms. The number of carboxylic acid groups (broad SMARTS) is 1. The summed E-state index contributed by atoms with van der Waals surface area (Å²) in [7, 11) is 1.55. The molecule has 1 aliphatic rings. The summed E-state index contributed by atoms with van der Waals surface area (Å²) in [6.45, 7) is 4.47. The van der Waals surface area contributed by atoms with E-state index in [2.05, 4.69) is 19.9 Å². The van der Waals surface area contributed by atoms with Gasteiger partial charge in [0.1, 0.15) is 18.2 Å². The minimum absolute atomic E-state index is 0.0720. The molecule has 6 heteroatoms. The highest BCUT2D eigenvalue weighted by Gasteiger charge is 2.30. The standard InChI is InChI=1S/C30H30F2O4/c1-30(2)15-5-7-25(30)23-16-19(9-12-22(23)24-17-21(35-3)11-13-26(24)31)18-36-27-8-4-6-20(29(27)32)10-14-28(33)34/h4,6-9,11-13,16-17H,5,10,14-15,18H2,1-3H3,(H,33,34). The van der Waals surface area contributed by atoms with Gasteiger partial charge in [0.2, 0.25) is 0 Å². The smallest absolute Gasteiger partial charge is 0.303 e. The first-order valence-corrected chi connectivity index (χ1v) is 12.0. The Labute approximate surface area is 210 Å². The molecule has 188 valence electrons. The maximum absolute atomic E-state index is 14.9. The number of aliphatic carboxylic acids is 1. The van der Waals surface area contributed by atoms with Crippen molar-refractivity contribution < 1.29 is 28.2 Å². The summed E-state index contributed by atoms with van der Waals surface area (Å²) < 4.78 is 41.0. The summed E-state index contributed by atoms with van der Waals surface area (Å²) in [4.78, 5) is 10.9. The molecule has 0 saturated heterocycles. The summed E-state index contributed by atoms with van der Waals surface area (Å²) >= 11 is 0. The van der Waals surface area contributed by atoms with Gasteiger partial charge in [0.15, 0.2) is 11.6 Å². The number of benzene rings is 3. The third-order valence-electron chi connectivity index (χ3n) is 6.73. The Morgan fingerprint density at radius 1 is 1.03 bits per heavy atom. The van der Waals surface area contributed by atoms with Crippen LogP contribution in [0.3, 0.4) is 0 Å². The van der Waals surface area contributed by atoms with Crippen LogP contribution in [0.5, 0.6) is 11.5 Å². The molecule has 4 rings (SSSR count). The van der Waals surface area contributed by atoms with Crippen LogP contribution in [0.1, 0.15) is 49.8 Å². The minimum Gasteiger partial charge on any atom is -0.497 e. The van der Waals surface area contributed by atoms with Crippen molar-refractivity contribution in [2.45, 2.75) is 46.1 Å². The number of halogens is 2. The average Bonchev–Trinajstić information content (AvgIpc) is 3.21. The van der Waals surface area contributed by atoms with Crippen LogP contribution >= 0.6 is 0 Å². The molecule has 0 amide bonds. The first-order chi connectivity index (χ1) is 17.2. The van der Waals surface area contributed by atoms with E-state index in [0.29, 0.717) is 16.9 Å². The molecule has 0 spiro atoms. The van der Waals surface area contributed by atoms with Crippen molar-refractivity contribution in [1.29, 1.82) is 0 Å². The van der Waals surface area contributed by atoms with Crippen molar-refractivity contribution in [2.75, 3.05) is 7.11 Å². The lowest BCUT2D eigenvalue weighted by Gasteiger charge is -2.25. The zero-order valence-corrected chi connectivity index (χ0v) is 20.7. The number of carbonyl (C=O) groups is 1. The molecule has 0 heterocycles. The maximum atomic E-state index is 14.9. The summed E-state index contributed by atoms with van der Waals surface area (Å²) in [6, 6.07) is 15.2. The second-order valence-electron chi connectivity index (χ2n) is 9.68. The predicted octanol–water partition coefficient (Wildman–Crippen LogP) is 7.44. The van der Waals surface area contributed by atoms with Crippen LogP contribution in [0.4, 0.5) is 8.78 Å². The largest absolute Gasteiger partial charge is 0.497 e. The Balaban J connectivity index is 1.68. The van der Waals surface area contributed by atoms with Gasteiger partial charge in [-0.2, -0.15) is 0 Å². The van der Waals surface area contributed by atoms with E-state index in [4.69, 9.17) is 14.6 Å². The minimum atomic E-state index is -0.982. The Bertz CT molecular complexity index is 1310. The van der Waals surface area contributed by atoms with Gasteiger partial charge in [-0.3, -0.25) is 4.79 Å². The number of aryl methyl sites for hydroxylation is 1. The molecular formula is C30H30F2O4. The normalized spacial score (nSPS) is 14.4. The van der Waals surface area contributed by atoms with E-state index >= 15 is 0 Å². The van der Waals surface area contributed by atoms with E-state index < -0.39 is 11.8 Å². The quantitative estimate of drug-likeness (QED) is 0.337. The number of ether oxygens (including phenoxy) is 2. The Morgan fingerprint density at radius 2 is 1.83 bits per heavy atom. The topological polar surface area (TPSA) is 55.8 Å².